The largest absolute Gasteiger partial charge is 0.490 e. The number of alkyl halides is 9. The molecule has 1 heterocycles. The van der Waals surface area contributed by atoms with Gasteiger partial charge in [-0.3, -0.25) is 14.6 Å². The summed E-state index contributed by atoms with van der Waals surface area (Å²) in [6, 6.07) is 0.801. The van der Waals surface area contributed by atoms with Gasteiger partial charge in [-0.1, -0.05) is 0 Å². The van der Waals surface area contributed by atoms with E-state index in [1.165, 1.54) is 10.6 Å². The molecule has 0 spiro atoms. The number of hydrogen-bond acceptors (Lipinski definition) is 4. The highest BCUT2D eigenvalue weighted by Gasteiger charge is 2.41. The van der Waals surface area contributed by atoms with Crippen molar-refractivity contribution in [2.24, 2.45) is 0 Å². The molecule has 0 fully saturated rings. The molecule has 7 nitrogen and oxygen atoms in total. The van der Waals surface area contributed by atoms with Gasteiger partial charge in [0.2, 0.25) is 0 Å². The first kappa shape index (κ1) is 23.9. The third-order valence-electron chi connectivity index (χ3n) is 2.07. The maximum atomic E-state index is 12.0. The second-order valence-corrected chi connectivity index (χ2v) is 4.13. The van der Waals surface area contributed by atoms with E-state index in [4.69, 9.17) is 9.90 Å². The van der Waals surface area contributed by atoms with Crippen molar-refractivity contribution in [1.29, 1.82) is 0 Å². The fraction of sp³-hybridized carbons (Fsp3) is 0.273. The van der Waals surface area contributed by atoms with Crippen LogP contribution in [-0.2, 0) is 14.4 Å². The summed E-state index contributed by atoms with van der Waals surface area (Å²) in [6.45, 7) is 0. The molecule has 0 aliphatic heterocycles. The summed E-state index contributed by atoms with van der Waals surface area (Å²) in [4.78, 5) is 33.6. The number of halogens is 9. The lowest BCUT2D eigenvalue weighted by atomic mass is 10.3. The molecule has 0 bridgehead atoms. The summed E-state index contributed by atoms with van der Waals surface area (Å²) in [5.74, 6) is -7.56. The number of pyridine rings is 1. The van der Waals surface area contributed by atoms with Crippen LogP contribution in [0.3, 0.4) is 0 Å². The van der Waals surface area contributed by atoms with Gasteiger partial charge >= 0.3 is 36.3 Å². The van der Waals surface area contributed by atoms with E-state index >= 15 is 0 Å². The number of hydrogen-bond donors (Lipinski definition) is 3. The van der Waals surface area contributed by atoms with Crippen LogP contribution < -0.4 is 10.6 Å². The van der Waals surface area contributed by atoms with E-state index in [-0.39, 0.29) is 0 Å². The Bertz CT molecular complexity index is 651. The Morgan fingerprint density at radius 3 is 1.48 bits per heavy atom. The Hall–Kier alpha value is -3.07. The molecule has 1 aromatic rings. The van der Waals surface area contributed by atoms with Crippen LogP contribution in [0.5, 0.6) is 0 Å². The molecule has 1 rings (SSSR count). The first-order chi connectivity index (χ1) is 12.0. The minimum atomic E-state index is -5.23. The molecule has 0 aromatic carbocycles. The van der Waals surface area contributed by atoms with Crippen LogP contribution in [0.2, 0.25) is 0 Å². The number of carboxylic acid groups (broad SMARTS) is 1. The van der Waals surface area contributed by atoms with Crippen LogP contribution in [-0.4, -0.2) is 46.4 Å². The summed E-state index contributed by atoms with van der Waals surface area (Å²) in [6.07, 6.45) is -14.0. The van der Waals surface area contributed by atoms with E-state index in [1.807, 2.05) is 0 Å². The summed E-state index contributed by atoms with van der Waals surface area (Å²) < 4.78 is 104. The Labute approximate surface area is 142 Å². The molecule has 152 valence electrons. The molecule has 16 heteroatoms. The zero-order chi connectivity index (χ0) is 21.6. The van der Waals surface area contributed by atoms with Gasteiger partial charge in [-0.05, 0) is 6.07 Å². The molecule has 2 amide bonds. The molecule has 0 aliphatic rings. The Morgan fingerprint density at radius 2 is 1.15 bits per heavy atom. The standard InChI is InChI=1S/C9H5F6N3O2.C2HF3O2/c10-8(11,12)6(19)17-4-1-2-16-3-5(4)18-7(20)9(13,14)15;3-2(4,5)1(6)7/h1-3H,(H,18,20)(H,16,17,19);(H,6,7). The predicted octanol–water partition coefficient (Wildman–Crippen LogP) is 2.72. The van der Waals surface area contributed by atoms with Gasteiger partial charge in [0.15, 0.2) is 0 Å². The van der Waals surface area contributed by atoms with Gasteiger partial charge in [0.1, 0.15) is 0 Å². The van der Waals surface area contributed by atoms with Crippen LogP contribution in [0.15, 0.2) is 18.5 Å². The Kier molecular flexibility index (Phi) is 7.57. The number of carbonyl (C=O) groups is 3. The zero-order valence-electron chi connectivity index (χ0n) is 12.3. The van der Waals surface area contributed by atoms with Gasteiger partial charge < -0.3 is 15.7 Å². The maximum Gasteiger partial charge on any atom is 0.490 e. The van der Waals surface area contributed by atoms with Crippen molar-refractivity contribution >= 4 is 29.2 Å². The predicted molar refractivity (Wildman–Crippen MR) is 67.3 cm³/mol. The lowest BCUT2D eigenvalue weighted by Gasteiger charge is -2.13. The zero-order valence-corrected chi connectivity index (χ0v) is 12.3. The molecule has 0 saturated carbocycles. The monoisotopic (exact) mass is 415 g/mol. The summed E-state index contributed by atoms with van der Waals surface area (Å²) in [5.41, 5.74) is -1.38. The number of carboxylic acids is 1. The highest BCUT2D eigenvalue weighted by Crippen LogP contribution is 2.25. The first-order valence-corrected chi connectivity index (χ1v) is 5.96. The number of amides is 2. The summed E-state index contributed by atoms with van der Waals surface area (Å²) >= 11 is 0. The maximum absolute atomic E-state index is 12.0. The molecule has 0 radical (unpaired) electrons. The highest BCUT2D eigenvalue weighted by atomic mass is 19.4. The number of nitrogens with zero attached hydrogens (tertiary/aromatic N) is 1. The SMILES string of the molecule is O=C(Nc1ccncc1NC(=O)C(F)(F)F)C(F)(F)F.O=C(O)C(F)(F)F. The van der Waals surface area contributed by atoms with E-state index in [9.17, 15) is 49.1 Å². The van der Waals surface area contributed by atoms with Crippen LogP contribution in [0, 0.1) is 0 Å². The van der Waals surface area contributed by atoms with Crippen LogP contribution in [0.1, 0.15) is 0 Å². The van der Waals surface area contributed by atoms with Gasteiger partial charge in [-0.25, -0.2) is 4.79 Å². The van der Waals surface area contributed by atoms with Gasteiger partial charge in [0.05, 0.1) is 17.6 Å². The molecular weight excluding hydrogens is 409 g/mol. The molecular formula is C11H6F9N3O4. The first-order valence-electron chi connectivity index (χ1n) is 5.96. The number of nitrogens with one attached hydrogen (secondary N) is 2. The lowest BCUT2D eigenvalue weighted by molar-refractivity contribution is -0.192. The second kappa shape index (κ2) is 8.54. The van der Waals surface area contributed by atoms with Crippen molar-refractivity contribution in [2.75, 3.05) is 10.6 Å². The highest BCUT2D eigenvalue weighted by molar-refractivity contribution is 6.02. The summed E-state index contributed by atoms with van der Waals surface area (Å²) in [5, 5.41) is 9.75. The van der Waals surface area contributed by atoms with E-state index < -0.39 is 47.7 Å². The quantitative estimate of drug-likeness (QED) is 0.644. The third kappa shape index (κ3) is 8.73. The lowest BCUT2D eigenvalue weighted by Crippen LogP contribution is -2.32. The number of carbonyl (C=O) groups excluding carboxylic acids is 2. The Morgan fingerprint density at radius 1 is 0.778 bits per heavy atom. The van der Waals surface area contributed by atoms with Crippen molar-refractivity contribution in [1.82, 2.24) is 4.98 Å². The fourth-order valence-electron chi connectivity index (χ4n) is 0.989. The molecule has 3 N–H and O–H groups in total. The minimum Gasteiger partial charge on any atom is -0.475 e. The minimum absolute atomic E-state index is 0.662. The Balaban J connectivity index is 0.000000821. The van der Waals surface area contributed by atoms with Crippen molar-refractivity contribution in [3.63, 3.8) is 0 Å². The molecule has 27 heavy (non-hydrogen) atoms. The van der Waals surface area contributed by atoms with Crippen molar-refractivity contribution in [2.45, 2.75) is 18.5 Å². The van der Waals surface area contributed by atoms with Crippen molar-refractivity contribution < 1.29 is 59.0 Å². The van der Waals surface area contributed by atoms with E-state index in [0.717, 1.165) is 12.3 Å². The smallest absolute Gasteiger partial charge is 0.475 e. The van der Waals surface area contributed by atoms with Gasteiger partial charge in [-0.2, -0.15) is 39.5 Å². The molecule has 1 aromatic heterocycles. The summed E-state index contributed by atoms with van der Waals surface area (Å²) in [7, 11) is 0. The van der Waals surface area contributed by atoms with Crippen LogP contribution in [0.25, 0.3) is 0 Å². The molecule has 0 atom stereocenters. The van der Waals surface area contributed by atoms with Crippen LogP contribution >= 0.6 is 0 Å². The van der Waals surface area contributed by atoms with Crippen LogP contribution in [0.4, 0.5) is 50.9 Å². The number of rotatable bonds is 2. The van der Waals surface area contributed by atoms with Crippen molar-refractivity contribution in [3.05, 3.63) is 18.5 Å². The van der Waals surface area contributed by atoms with E-state index in [0.29, 0.717) is 6.20 Å². The topological polar surface area (TPSA) is 108 Å². The fourth-order valence-corrected chi connectivity index (χ4v) is 0.989. The van der Waals surface area contributed by atoms with Gasteiger partial charge in [0, 0.05) is 6.20 Å². The average Bonchev–Trinajstić information content (AvgIpc) is 2.46. The van der Waals surface area contributed by atoms with Gasteiger partial charge in [0.25, 0.3) is 0 Å². The van der Waals surface area contributed by atoms with Crippen molar-refractivity contribution in [3.8, 4) is 0 Å². The normalized spacial score (nSPS) is 11.7. The number of aromatic nitrogens is 1. The number of aliphatic carboxylic acids is 1. The third-order valence-corrected chi connectivity index (χ3v) is 2.07. The molecule has 0 saturated heterocycles. The molecule has 0 aliphatic carbocycles. The number of anilines is 2. The van der Waals surface area contributed by atoms with E-state index in [2.05, 4.69) is 4.98 Å². The second-order valence-electron chi connectivity index (χ2n) is 4.13. The average molecular weight is 415 g/mol. The van der Waals surface area contributed by atoms with E-state index in [1.54, 1.807) is 0 Å². The molecule has 0 unspecified atom stereocenters. The van der Waals surface area contributed by atoms with Gasteiger partial charge in [-0.15, -0.1) is 0 Å².